The maximum atomic E-state index is 14.2. The molecule has 1 atom stereocenters. The van der Waals surface area contributed by atoms with Crippen LogP contribution in [0.2, 0.25) is 5.02 Å². The van der Waals surface area contributed by atoms with Crippen LogP contribution < -0.4 is 15.0 Å². The fraction of sp³-hybridized carbons (Fsp3) is 0.150. The lowest BCUT2D eigenvalue weighted by Gasteiger charge is -2.19. The number of hydrogen-bond acceptors (Lipinski definition) is 6. The summed E-state index contributed by atoms with van der Waals surface area (Å²) in [5.41, 5.74) is -0.458. The van der Waals surface area contributed by atoms with Gasteiger partial charge in [0.05, 0.1) is 23.1 Å². The summed E-state index contributed by atoms with van der Waals surface area (Å²) in [6.45, 7) is -0.313. The van der Waals surface area contributed by atoms with Gasteiger partial charge in [-0.3, -0.25) is 14.5 Å². The van der Waals surface area contributed by atoms with Gasteiger partial charge in [0.1, 0.15) is 18.5 Å². The maximum Gasteiger partial charge on any atom is 0.289 e. The van der Waals surface area contributed by atoms with Crippen LogP contribution in [-0.2, 0) is 4.79 Å². The van der Waals surface area contributed by atoms with Gasteiger partial charge in [-0.25, -0.2) is 28.1 Å². The number of hydrogen-bond donors (Lipinski definition) is 1. The number of fused-ring (bicyclic) bond motifs is 1. The molecule has 0 bridgehead atoms. The largest absolute Gasteiger partial charge is 0.487 e. The van der Waals surface area contributed by atoms with E-state index in [1.165, 1.54) is 19.2 Å². The minimum atomic E-state index is -1.19. The van der Waals surface area contributed by atoms with E-state index in [0.717, 1.165) is 29.4 Å². The zero-order valence-corrected chi connectivity index (χ0v) is 17.0. The summed E-state index contributed by atoms with van der Waals surface area (Å²) < 4.78 is 46.7. The number of nitrogens with one attached hydrogen (secondary N) is 1. The highest BCUT2D eigenvalue weighted by atomic mass is 35.5. The van der Waals surface area contributed by atoms with E-state index in [2.05, 4.69) is 20.3 Å². The number of pyridine rings is 1. The minimum absolute atomic E-state index is 0.0317. The molecule has 2 amide bonds. The first-order valence-electron chi connectivity index (χ1n) is 9.10. The van der Waals surface area contributed by atoms with Crippen LogP contribution in [0.15, 0.2) is 36.7 Å². The molecule has 4 rings (SSSR count). The lowest BCUT2D eigenvalue weighted by atomic mass is 10.1. The molecular formula is C20H13ClF3N5O3. The second kappa shape index (κ2) is 8.42. The Bertz CT molecular complexity index is 1240. The summed E-state index contributed by atoms with van der Waals surface area (Å²) in [7, 11) is 1.39. The first-order chi connectivity index (χ1) is 15.3. The topological polar surface area (TPSA) is 97.3 Å². The Labute approximate surface area is 184 Å². The normalized spacial score (nSPS) is 15.6. The van der Waals surface area contributed by atoms with Crippen LogP contribution in [-0.4, -0.2) is 46.5 Å². The Kier molecular flexibility index (Phi) is 5.66. The molecule has 1 unspecified atom stereocenters. The van der Waals surface area contributed by atoms with Gasteiger partial charge in [-0.2, -0.15) is 0 Å². The Morgan fingerprint density at radius 3 is 2.81 bits per heavy atom. The van der Waals surface area contributed by atoms with Crippen molar-refractivity contribution in [2.45, 2.75) is 6.04 Å². The average Bonchev–Trinajstić information content (AvgIpc) is 2.88. The van der Waals surface area contributed by atoms with Gasteiger partial charge in [-0.05, 0) is 12.1 Å². The predicted octanol–water partition coefficient (Wildman–Crippen LogP) is 2.76. The summed E-state index contributed by atoms with van der Waals surface area (Å²) in [6, 6.07) is 3.32. The van der Waals surface area contributed by atoms with E-state index >= 15 is 0 Å². The van der Waals surface area contributed by atoms with Crippen molar-refractivity contribution in [1.29, 1.82) is 0 Å². The van der Waals surface area contributed by atoms with Crippen LogP contribution >= 0.6 is 11.6 Å². The van der Waals surface area contributed by atoms with Gasteiger partial charge in [0.25, 0.3) is 11.8 Å². The molecule has 2 aromatic heterocycles. The fourth-order valence-corrected chi connectivity index (χ4v) is 3.23. The molecule has 0 saturated carbocycles. The number of carbonyl (C=O) groups is 2. The second-order valence-electron chi connectivity index (χ2n) is 6.70. The number of anilines is 1. The SMILES string of the molecule is CN1C(=O)C(NC(=O)c2ncc(Cl)c(-c3cccc(F)c3F)n2)COc2cc(F)cnc21. The zero-order valence-electron chi connectivity index (χ0n) is 16.3. The Hall–Kier alpha value is -3.73. The lowest BCUT2D eigenvalue weighted by Crippen LogP contribution is -2.49. The highest BCUT2D eigenvalue weighted by Crippen LogP contribution is 2.30. The Morgan fingerprint density at radius 2 is 2.03 bits per heavy atom. The monoisotopic (exact) mass is 463 g/mol. The minimum Gasteiger partial charge on any atom is -0.487 e. The summed E-state index contributed by atoms with van der Waals surface area (Å²) in [5.74, 6) is -4.75. The van der Waals surface area contributed by atoms with Crippen molar-refractivity contribution in [1.82, 2.24) is 20.3 Å². The Morgan fingerprint density at radius 1 is 1.25 bits per heavy atom. The van der Waals surface area contributed by atoms with E-state index in [0.29, 0.717) is 0 Å². The molecule has 0 fully saturated rings. The van der Waals surface area contributed by atoms with Gasteiger partial charge in [0.15, 0.2) is 23.2 Å². The molecular weight excluding hydrogens is 451 g/mol. The molecule has 3 aromatic rings. The molecule has 0 saturated heterocycles. The first kappa shape index (κ1) is 21.5. The molecule has 1 N–H and O–H groups in total. The number of carbonyl (C=O) groups excluding carboxylic acids is 2. The molecule has 1 aliphatic heterocycles. The summed E-state index contributed by atoms with van der Waals surface area (Å²) >= 11 is 6.02. The van der Waals surface area contributed by atoms with Gasteiger partial charge < -0.3 is 10.1 Å². The van der Waals surface area contributed by atoms with E-state index in [4.69, 9.17) is 16.3 Å². The van der Waals surface area contributed by atoms with Crippen LogP contribution in [0.1, 0.15) is 10.6 Å². The fourth-order valence-electron chi connectivity index (χ4n) is 3.03. The highest BCUT2D eigenvalue weighted by molar-refractivity contribution is 6.33. The van der Waals surface area contributed by atoms with Crippen molar-refractivity contribution in [2.75, 3.05) is 18.6 Å². The zero-order chi connectivity index (χ0) is 23.0. The predicted molar refractivity (Wildman–Crippen MR) is 107 cm³/mol. The molecule has 0 aliphatic carbocycles. The smallest absolute Gasteiger partial charge is 0.289 e. The summed E-state index contributed by atoms with van der Waals surface area (Å²) in [5, 5.41) is 2.31. The summed E-state index contributed by atoms with van der Waals surface area (Å²) in [6.07, 6.45) is 1.99. The number of likely N-dealkylation sites (N-methyl/N-ethyl adjacent to an activating group) is 1. The van der Waals surface area contributed by atoms with E-state index in [1.807, 2.05) is 0 Å². The van der Waals surface area contributed by atoms with Crippen molar-refractivity contribution < 1.29 is 27.5 Å². The standard InChI is InChI=1S/C20H13ClF3N5O3/c1-29-18-14(5-9(22)6-26-18)32-8-13(20(29)31)27-19(30)17-25-7-11(21)16(28-17)10-3-2-4-12(23)15(10)24/h2-7,13H,8H2,1H3,(H,27,30). The highest BCUT2D eigenvalue weighted by Gasteiger charge is 2.32. The third-order valence-corrected chi connectivity index (χ3v) is 4.89. The number of benzene rings is 1. The van der Waals surface area contributed by atoms with Crippen molar-refractivity contribution in [3.63, 3.8) is 0 Å². The van der Waals surface area contributed by atoms with Gasteiger partial charge >= 0.3 is 0 Å². The van der Waals surface area contributed by atoms with Crippen molar-refractivity contribution in [3.05, 3.63) is 65.0 Å². The third-order valence-electron chi connectivity index (χ3n) is 4.61. The average molecular weight is 464 g/mol. The number of ether oxygens (including phenoxy) is 1. The van der Waals surface area contributed by atoms with E-state index in [-0.39, 0.29) is 34.5 Å². The lowest BCUT2D eigenvalue weighted by molar-refractivity contribution is -0.120. The van der Waals surface area contributed by atoms with Gasteiger partial charge in [-0.1, -0.05) is 17.7 Å². The number of halogens is 4. The van der Waals surface area contributed by atoms with Crippen LogP contribution in [0.4, 0.5) is 19.0 Å². The molecule has 8 nitrogen and oxygen atoms in total. The van der Waals surface area contributed by atoms with Crippen LogP contribution in [0.25, 0.3) is 11.3 Å². The molecule has 0 spiro atoms. The van der Waals surface area contributed by atoms with Crippen molar-refractivity contribution in [2.24, 2.45) is 0 Å². The van der Waals surface area contributed by atoms with Crippen LogP contribution in [0.3, 0.4) is 0 Å². The van der Waals surface area contributed by atoms with E-state index in [9.17, 15) is 22.8 Å². The van der Waals surface area contributed by atoms with Crippen molar-refractivity contribution in [3.8, 4) is 17.0 Å². The molecule has 1 aliphatic rings. The van der Waals surface area contributed by atoms with E-state index in [1.54, 1.807) is 0 Å². The number of rotatable bonds is 3. The maximum absolute atomic E-state index is 14.2. The van der Waals surface area contributed by atoms with Crippen LogP contribution in [0, 0.1) is 17.5 Å². The van der Waals surface area contributed by atoms with Gasteiger partial charge in [0.2, 0.25) is 5.82 Å². The molecule has 0 radical (unpaired) electrons. The molecule has 1 aromatic carbocycles. The molecule has 32 heavy (non-hydrogen) atoms. The summed E-state index contributed by atoms with van der Waals surface area (Å²) in [4.78, 5) is 38.1. The molecule has 12 heteroatoms. The first-order valence-corrected chi connectivity index (χ1v) is 9.47. The quantitative estimate of drug-likeness (QED) is 0.641. The number of nitrogens with zero attached hydrogens (tertiary/aromatic N) is 4. The number of amides is 2. The molecule has 164 valence electrons. The van der Waals surface area contributed by atoms with Crippen molar-refractivity contribution >= 4 is 29.2 Å². The van der Waals surface area contributed by atoms with E-state index < -0.39 is 41.1 Å². The van der Waals surface area contributed by atoms with Gasteiger partial charge in [0, 0.05) is 18.7 Å². The number of aromatic nitrogens is 3. The third kappa shape index (κ3) is 3.94. The Balaban J connectivity index is 1.59. The van der Waals surface area contributed by atoms with Gasteiger partial charge in [-0.15, -0.1) is 0 Å². The molecule has 3 heterocycles. The second-order valence-corrected chi connectivity index (χ2v) is 7.11. The van der Waals surface area contributed by atoms with Crippen LogP contribution in [0.5, 0.6) is 5.75 Å².